The standard InChI is InChI=1S/C20H26/c1-2-18(16-17-20-12-7-4-8-13-20)14-9-15-19-10-5-3-6-11-19/h3,5-6,10-11H,2,4,7-9,12-15H2,1H3. The third-order valence-corrected chi connectivity index (χ3v) is 4.09. The molecule has 1 aliphatic rings. The minimum absolute atomic E-state index is 1.11. The SMILES string of the molecule is CCC(=C=C=C1CCCCC1)CCCc1ccccc1. The van der Waals surface area contributed by atoms with Crippen molar-refractivity contribution in [1.82, 2.24) is 0 Å². The molecule has 106 valence electrons. The summed E-state index contributed by atoms with van der Waals surface area (Å²) in [6.07, 6.45) is 11.2. The van der Waals surface area contributed by atoms with Crippen LogP contribution in [0.5, 0.6) is 0 Å². The zero-order chi connectivity index (χ0) is 14.0. The molecule has 0 nitrogen and oxygen atoms in total. The molecule has 1 aromatic carbocycles. The lowest BCUT2D eigenvalue weighted by atomic mass is 9.95. The normalized spacial score (nSPS) is 14.6. The lowest BCUT2D eigenvalue weighted by Crippen LogP contribution is -1.91. The van der Waals surface area contributed by atoms with E-state index in [1.54, 1.807) is 0 Å². The van der Waals surface area contributed by atoms with Gasteiger partial charge in [-0.2, -0.15) is 0 Å². The molecular weight excluding hydrogens is 240 g/mol. The molecule has 0 bridgehead atoms. The summed E-state index contributed by atoms with van der Waals surface area (Å²) in [5, 5.41) is 0. The molecule has 0 saturated heterocycles. The minimum Gasteiger partial charge on any atom is -0.0712 e. The summed E-state index contributed by atoms with van der Waals surface area (Å²) in [5.74, 6) is 0. The second-order valence-corrected chi connectivity index (χ2v) is 5.71. The van der Waals surface area contributed by atoms with Crippen molar-refractivity contribution in [3.8, 4) is 0 Å². The zero-order valence-electron chi connectivity index (χ0n) is 12.8. The number of hydrogen-bond donors (Lipinski definition) is 0. The van der Waals surface area contributed by atoms with Crippen LogP contribution in [0.15, 0.2) is 52.9 Å². The van der Waals surface area contributed by atoms with E-state index in [1.807, 2.05) is 0 Å². The van der Waals surface area contributed by atoms with Gasteiger partial charge >= 0.3 is 0 Å². The van der Waals surface area contributed by atoms with E-state index in [0.717, 1.165) is 12.8 Å². The first-order valence-electron chi connectivity index (χ1n) is 8.14. The Morgan fingerprint density at radius 2 is 1.80 bits per heavy atom. The molecule has 20 heavy (non-hydrogen) atoms. The first kappa shape index (κ1) is 14.9. The molecule has 0 atom stereocenters. The van der Waals surface area contributed by atoms with E-state index >= 15 is 0 Å². The van der Waals surface area contributed by atoms with Crippen molar-refractivity contribution in [2.45, 2.75) is 64.7 Å². The van der Waals surface area contributed by atoms with Crippen LogP contribution < -0.4 is 0 Å². The van der Waals surface area contributed by atoms with E-state index in [0.29, 0.717) is 0 Å². The summed E-state index contributed by atoms with van der Waals surface area (Å²) in [6, 6.07) is 10.8. The molecule has 1 fully saturated rings. The van der Waals surface area contributed by atoms with Crippen LogP contribution in [0.3, 0.4) is 0 Å². The van der Waals surface area contributed by atoms with Gasteiger partial charge in [-0.3, -0.25) is 0 Å². The van der Waals surface area contributed by atoms with Crippen LogP contribution in [0.1, 0.15) is 63.9 Å². The van der Waals surface area contributed by atoms with E-state index in [2.05, 4.69) is 48.7 Å². The van der Waals surface area contributed by atoms with Crippen molar-refractivity contribution in [3.05, 3.63) is 58.5 Å². The molecule has 0 heterocycles. The first-order valence-corrected chi connectivity index (χ1v) is 8.14. The Bertz CT molecular complexity index is 486. The van der Waals surface area contributed by atoms with Gasteiger partial charge in [0.25, 0.3) is 0 Å². The molecule has 0 spiro atoms. The Morgan fingerprint density at radius 3 is 2.50 bits per heavy atom. The molecule has 0 heteroatoms. The lowest BCUT2D eigenvalue weighted by Gasteiger charge is -2.09. The van der Waals surface area contributed by atoms with Gasteiger partial charge in [-0.1, -0.05) is 55.1 Å². The summed E-state index contributed by atoms with van der Waals surface area (Å²) < 4.78 is 0. The molecular formula is C20H26. The Morgan fingerprint density at radius 1 is 1.05 bits per heavy atom. The van der Waals surface area contributed by atoms with Crippen molar-refractivity contribution in [1.29, 1.82) is 0 Å². The van der Waals surface area contributed by atoms with Crippen LogP contribution in [-0.4, -0.2) is 0 Å². The molecule has 0 unspecified atom stereocenters. The maximum atomic E-state index is 3.46. The highest BCUT2D eigenvalue weighted by Crippen LogP contribution is 2.21. The Balaban J connectivity index is 1.90. The van der Waals surface area contributed by atoms with Crippen molar-refractivity contribution < 1.29 is 0 Å². The molecule has 0 aromatic heterocycles. The van der Waals surface area contributed by atoms with Crippen LogP contribution in [0.2, 0.25) is 0 Å². The van der Waals surface area contributed by atoms with Gasteiger partial charge < -0.3 is 0 Å². The van der Waals surface area contributed by atoms with Crippen molar-refractivity contribution in [2.24, 2.45) is 0 Å². The monoisotopic (exact) mass is 266 g/mol. The van der Waals surface area contributed by atoms with Gasteiger partial charge in [-0.05, 0) is 68.1 Å². The van der Waals surface area contributed by atoms with Crippen molar-refractivity contribution in [2.75, 3.05) is 0 Å². The van der Waals surface area contributed by atoms with Crippen molar-refractivity contribution in [3.63, 3.8) is 0 Å². The topological polar surface area (TPSA) is 0 Å². The van der Waals surface area contributed by atoms with E-state index in [-0.39, 0.29) is 0 Å². The van der Waals surface area contributed by atoms with Crippen LogP contribution >= 0.6 is 0 Å². The highest BCUT2D eigenvalue weighted by Gasteiger charge is 2.03. The lowest BCUT2D eigenvalue weighted by molar-refractivity contribution is 0.600. The van der Waals surface area contributed by atoms with E-state index in [4.69, 9.17) is 0 Å². The Labute approximate surface area is 123 Å². The number of rotatable bonds is 5. The third-order valence-electron chi connectivity index (χ3n) is 4.09. The minimum atomic E-state index is 1.11. The second-order valence-electron chi connectivity index (χ2n) is 5.71. The molecule has 2 rings (SSSR count). The molecule has 1 aromatic rings. The van der Waals surface area contributed by atoms with Crippen LogP contribution in [-0.2, 0) is 6.42 Å². The van der Waals surface area contributed by atoms with Crippen molar-refractivity contribution >= 4 is 0 Å². The predicted molar refractivity (Wildman–Crippen MR) is 86.8 cm³/mol. The average molecular weight is 266 g/mol. The Kier molecular flexibility index (Phi) is 6.45. The highest BCUT2D eigenvalue weighted by atomic mass is 14.1. The quantitative estimate of drug-likeness (QED) is 0.574. The van der Waals surface area contributed by atoms with Crippen LogP contribution in [0.4, 0.5) is 0 Å². The number of hydrogen-bond acceptors (Lipinski definition) is 0. The molecule has 0 amide bonds. The fourth-order valence-corrected chi connectivity index (χ4v) is 2.76. The van der Waals surface area contributed by atoms with Gasteiger partial charge in [0.2, 0.25) is 0 Å². The summed E-state index contributed by atoms with van der Waals surface area (Å²) in [7, 11) is 0. The van der Waals surface area contributed by atoms with Crippen LogP contribution in [0.25, 0.3) is 0 Å². The highest BCUT2D eigenvalue weighted by molar-refractivity contribution is 5.15. The second kappa shape index (κ2) is 8.64. The van der Waals surface area contributed by atoms with E-state index < -0.39 is 0 Å². The van der Waals surface area contributed by atoms with Gasteiger partial charge in [-0.25, -0.2) is 0 Å². The molecule has 0 N–H and O–H groups in total. The molecule has 1 aliphatic carbocycles. The smallest absolute Gasteiger partial charge is 0.0199 e. The average Bonchev–Trinajstić information content (AvgIpc) is 2.52. The largest absolute Gasteiger partial charge is 0.0712 e. The fraction of sp³-hybridized carbons (Fsp3) is 0.500. The third kappa shape index (κ3) is 5.25. The van der Waals surface area contributed by atoms with E-state index in [9.17, 15) is 0 Å². The number of allylic oxidation sites excluding steroid dienone is 2. The maximum Gasteiger partial charge on any atom is -0.0199 e. The maximum absolute atomic E-state index is 3.46. The summed E-state index contributed by atoms with van der Waals surface area (Å²) in [5.41, 5.74) is 11.3. The summed E-state index contributed by atoms with van der Waals surface area (Å²) >= 11 is 0. The summed E-state index contributed by atoms with van der Waals surface area (Å²) in [6.45, 7) is 2.23. The number of benzene rings is 1. The van der Waals surface area contributed by atoms with Gasteiger partial charge in [0.1, 0.15) is 0 Å². The Hall–Kier alpha value is -1.48. The van der Waals surface area contributed by atoms with E-state index in [1.165, 1.54) is 61.7 Å². The number of aryl methyl sites for hydroxylation is 1. The van der Waals surface area contributed by atoms with Gasteiger partial charge in [0, 0.05) is 0 Å². The zero-order valence-corrected chi connectivity index (χ0v) is 12.8. The molecule has 1 saturated carbocycles. The van der Waals surface area contributed by atoms with Gasteiger partial charge in [-0.15, -0.1) is 0 Å². The molecule has 0 aliphatic heterocycles. The summed E-state index contributed by atoms with van der Waals surface area (Å²) in [4.78, 5) is 0. The van der Waals surface area contributed by atoms with Crippen LogP contribution in [0, 0.1) is 0 Å². The molecule has 0 radical (unpaired) electrons. The first-order chi connectivity index (χ1) is 9.88. The predicted octanol–water partition coefficient (Wildman–Crippen LogP) is 5.99. The van der Waals surface area contributed by atoms with Gasteiger partial charge in [0.15, 0.2) is 0 Å². The van der Waals surface area contributed by atoms with Gasteiger partial charge in [0.05, 0.1) is 0 Å². The fourth-order valence-electron chi connectivity index (χ4n) is 2.76.